The number of aryl methyl sites for hydroxylation is 3. The number of amides is 1. The van der Waals surface area contributed by atoms with Gasteiger partial charge in [-0.2, -0.15) is 0 Å². The van der Waals surface area contributed by atoms with Crippen LogP contribution in [0.4, 0.5) is 0 Å². The highest BCUT2D eigenvalue weighted by Crippen LogP contribution is 2.21. The highest BCUT2D eigenvalue weighted by atomic mass is 16.4. The third-order valence-corrected chi connectivity index (χ3v) is 4.68. The largest absolute Gasteiger partial charge is 0.481 e. The number of carboxylic acids is 1. The smallest absolute Gasteiger partial charge is 0.305 e. The molecule has 29 heavy (non-hydrogen) atoms. The van der Waals surface area contributed by atoms with E-state index in [2.05, 4.69) is 10.4 Å². The number of benzene rings is 2. The summed E-state index contributed by atoms with van der Waals surface area (Å²) < 4.78 is 1.30. The Hall–Kier alpha value is -3.61. The summed E-state index contributed by atoms with van der Waals surface area (Å²) >= 11 is 0. The molecule has 0 bridgehead atoms. The van der Waals surface area contributed by atoms with Crippen molar-refractivity contribution in [1.29, 1.82) is 0 Å². The number of rotatable bonds is 6. The SMILES string of the molecule is Cc1cc(C)cc(-n2[nH]c(C(=O)NC(CC(=O)O)c3ccccc3C)cc2=O)c1. The number of carboxylic acid groups (broad SMARTS) is 1. The molecule has 7 nitrogen and oxygen atoms in total. The molecule has 3 rings (SSSR count). The molecule has 1 heterocycles. The van der Waals surface area contributed by atoms with Gasteiger partial charge in [0.15, 0.2) is 0 Å². The van der Waals surface area contributed by atoms with Gasteiger partial charge in [-0.05, 0) is 55.2 Å². The van der Waals surface area contributed by atoms with Crippen LogP contribution >= 0.6 is 0 Å². The summed E-state index contributed by atoms with van der Waals surface area (Å²) in [5, 5.41) is 14.8. The van der Waals surface area contributed by atoms with Crippen LogP contribution in [0.2, 0.25) is 0 Å². The van der Waals surface area contributed by atoms with Gasteiger partial charge in [-0.3, -0.25) is 19.5 Å². The molecule has 1 atom stereocenters. The van der Waals surface area contributed by atoms with Gasteiger partial charge in [0.25, 0.3) is 11.5 Å². The Labute approximate surface area is 168 Å². The van der Waals surface area contributed by atoms with Gasteiger partial charge in [0.1, 0.15) is 5.69 Å². The maximum atomic E-state index is 12.8. The second-order valence-electron chi connectivity index (χ2n) is 7.17. The van der Waals surface area contributed by atoms with E-state index in [1.165, 1.54) is 10.7 Å². The van der Waals surface area contributed by atoms with Crippen molar-refractivity contribution >= 4 is 11.9 Å². The van der Waals surface area contributed by atoms with E-state index in [-0.39, 0.29) is 17.7 Å². The van der Waals surface area contributed by atoms with E-state index in [0.717, 1.165) is 22.3 Å². The molecule has 0 aliphatic rings. The molecule has 1 amide bonds. The summed E-state index contributed by atoms with van der Waals surface area (Å²) in [4.78, 5) is 36.5. The predicted molar refractivity (Wildman–Crippen MR) is 110 cm³/mol. The first-order valence-electron chi connectivity index (χ1n) is 9.23. The average molecular weight is 393 g/mol. The number of nitrogens with zero attached hydrogens (tertiary/aromatic N) is 1. The monoisotopic (exact) mass is 393 g/mol. The minimum absolute atomic E-state index is 0.0677. The van der Waals surface area contributed by atoms with E-state index in [9.17, 15) is 19.5 Å². The molecule has 0 aliphatic heterocycles. The van der Waals surface area contributed by atoms with E-state index in [0.29, 0.717) is 5.69 Å². The molecule has 0 spiro atoms. The first-order chi connectivity index (χ1) is 13.7. The van der Waals surface area contributed by atoms with Crippen LogP contribution < -0.4 is 10.9 Å². The van der Waals surface area contributed by atoms with Crippen molar-refractivity contribution in [2.75, 3.05) is 0 Å². The summed E-state index contributed by atoms with van der Waals surface area (Å²) in [6.45, 7) is 5.71. The number of aromatic nitrogens is 2. The molecule has 3 aromatic rings. The molecule has 150 valence electrons. The van der Waals surface area contributed by atoms with Gasteiger partial charge in [-0.1, -0.05) is 30.3 Å². The zero-order valence-corrected chi connectivity index (χ0v) is 16.5. The molecule has 3 N–H and O–H groups in total. The van der Waals surface area contributed by atoms with Crippen LogP contribution in [0.1, 0.15) is 45.2 Å². The van der Waals surface area contributed by atoms with Gasteiger partial charge in [0.2, 0.25) is 0 Å². The Morgan fingerprint density at radius 3 is 2.34 bits per heavy atom. The summed E-state index contributed by atoms with van der Waals surface area (Å²) in [5.74, 6) is -1.57. The highest BCUT2D eigenvalue weighted by Gasteiger charge is 2.22. The lowest BCUT2D eigenvalue weighted by molar-refractivity contribution is -0.137. The van der Waals surface area contributed by atoms with E-state index >= 15 is 0 Å². The first kappa shape index (κ1) is 20.1. The Bertz CT molecular complexity index is 1110. The quantitative estimate of drug-likeness (QED) is 0.599. The first-order valence-corrected chi connectivity index (χ1v) is 9.23. The standard InChI is InChI=1S/C22H23N3O4/c1-13-8-14(2)10-16(9-13)25-20(26)11-19(24-25)22(29)23-18(12-21(27)28)17-7-5-4-6-15(17)3/h4-11,18,24H,12H2,1-3H3,(H,23,29)(H,27,28). The third-order valence-electron chi connectivity index (χ3n) is 4.68. The Balaban J connectivity index is 1.90. The molecule has 1 unspecified atom stereocenters. The lowest BCUT2D eigenvalue weighted by Gasteiger charge is -2.19. The lowest BCUT2D eigenvalue weighted by Crippen LogP contribution is -2.31. The summed E-state index contributed by atoms with van der Waals surface area (Å²) in [5.41, 5.74) is 3.92. The number of hydrogen-bond acceptors (Lipinski definition) is 3. The lowest BCUT2D eigenvalue weighted by atomic mass is 9.98. The molecule has 0 fully saturated rings. The molecule has 0 aliphatic carbocycles. The number of nitrogens with one attached hydrogen (secondary N) is 2. The third kappa shape index (κ3) is 4.63. The van der Waals surface area contributed by atoms with Gasteiger partial charge in [-0.15, -0.1) is 0 Å². The van der Waals surface area contributed by atoms with Crippen LogP contribution in [-0.2, 0) is 4.79 Å². The zero-order valence-electron chi connectivity index (χ0n) is 16.5. The van der Waals surface area contributed by atoms with Crippen molar-refractivity contribution in [2.45, 2.75) is 33.2 Å². The van der Waals surface area contributed by atoms with Gasteiger partial charge in [-0.25, -0.2) is 4.68 Å². The van der Waals surface area contributed by atoms with Crippen molar-refractivity contribution in [3.63, 3.8) is 0 Å². The molecular formula is C22H23N3O4. The van der Waals surface area contributed by atoms with E-state index in [1.54, 1.807) is 12.1 Å². The van der Waals surface area contributed by atoms with Crippen LogP contribution in [0.25, 0.3) is 5.69 Å². The minimum atomic E-state index is -1.03. The number of H-pyrrole nitrogens is 1. The summed E-state index contributed by atoms with van der Waals surface area (Å²) in [6, 6.07) is 13.4. The van der Waals surface area contributed by atoms with Gasteiger partial charge in [0, 0.05) is 6.07 Å². The minimum Gasteiger partial charge on any atom is -0.481 e. The van der Waals surface area contributed by atoms with Crippen molar-refractivity contribution < 1.29 is 14.7 Å². The number of aromatic amines is 1. The predicted octanol–water partition coefficient (Wildman–Crippen LogP) is 3.04. The molecular weight excluding hydrogens is 370 g/mol. The zero-order chi connectivity index (χ0) is 21.1. The highest BCUT2D eigenvalue weighted by molar-refractivity contribution is 5.92. The Morgan fingerprint density at radius 1 is 1.07 bits per heavy atom. The molecule has 2 aromatic carbocycles. The van der Waals surface area contributed by atoms with Gasteiger partial charge >= 0.3 is 5.97 Å². The molecule has 0 saturated carbocycles. The van der Waals surface area contributed by atoms with Crippen molar-refractivity contribution in [2.24, 2.45) is 0 Å². The second-order valence-corrected chi connectivity index (χ2v) is 7.17. The number of carbonyl (C=O) groups excluding carboxylic acids is 1. The van der Waals surface area contributed by atoms with Crippen molar-refractivity contribution in [3.8, 4) is 5.69 Å². The van der Waals surface area contributed by atoms with Crippen LogP contribution in [0.15, 0.2) is 53.3 Å². The fourth-order valence-corrected chi connectivity index (χ4v) is 3.41. The normalized spacial score (nSPS) is 11.8. The number of hydrogen-bond donors (Lipinski definition) is 3. The van der Waals surface area contributed by atoms with Crippen LogP contribution in [0.5, 0.6) is 0 Å². The summed E-state index contributed by atoms with van der Waals surface area (Å²) in [7, 11) is 0. The van der Waals surface area contributed by atoms with E-state index < -0.39 is 17.9 Å². The van der Waals surface area contributed by atoms with Gasteiger partial charge < -0.3 is 10.4 Å². The van der Waals surface area contributed by atoms with E-state index in [4.69, 9.17) is 0 Å². The molecule has 0 saturated heterocycles. The Kier molecular flexibility index (Phi) is 5.68. The number of aliphatic carboxylic acids is 1. The van der Waals surface area contributed by atoms with Crippen LogP contribution in [0.3, 0.4) is 0 Å². The van der Waals surface area contributed by atoms with E-state index in [1.807, 2.05) is 51.1 Å². The topological polar surface area (TPSA) is 104 Å². The Morgan fingerprint density at radius 2 is 1.72 bits per heavy atom. The fourth-order valence-electron chi connectivity index (χ4n) is 3.41. The molecule has 7 heteroatoms. The maximum Gasteiger partial charge on any atom is 0.305 e. The maximum absolute atomic E-state index is 12.8. The van der Waals surface area contributed by atoms with Gasteiger partial charge in [0.05, 0.1) is 18.2 Å². The van der Waals surface area contributed by atoms with Crippen LogP contribution in [0, 0.1) is 20.8 Å². The fraction of sp³-hybridized carbons (Fsp3) is 0.227. The van der Waals surface area contributed by atoms with Crippen molar-refractivity contribution in [1.82, 2.24) is 15.1 Å². The van der Waals surface area contributed by atoms with Crippen molar-refractivity contribution in [3.05, 3.63) is 86.8 Å². The second kappa shape index (κ2) is 8.18. The van der Waals surface area contributed by atoms with Crippen LogP contribution in [-0.4, -0.2) is 26.8 Å². The average Bonchev–Trinajstić information content (AvgIpc) is 3.02. The number of carbonyl (C=O) groups is 2. The summed E-state index contributed by atoms with van der Waals surface area (Å²) in [6.07, 6.45) is -0.265. The molecule has 0 radical (unpaired) electrons. The molecule has 1 aromatic heterocycles.